The first-order chi connectivity index (χ1) is 10.5. The van der Waals surface area contributed by atoms with Crippen LogP contribution in [0.4, 0.5) is 13.2 Å². The Hall–Kier alpha value is -2.01. The molecular formula is C17H18F3NO. The van der Waals surface area contributed by atoms with Crippen molar-refractivity contribution < 1.29 is 17.9 Å². The van der Waals surface area contributed by atoms with Crippen LogP contribution in [0, 0.1) is 0 Å². The molecule has 0 amide bonds. The molecule has 0 aliphatic rings. The number of halogens is 3. The van der Waals surface area contributed by atoms with Crippen molar-refractivity contribution in [3.05, 3.63) is 65.7 Å². The molecule has 0 radical (unpaired) electrons. The summed E-state index contributed by atoms with van der Waals surface area (Å²) < 4.78 is 41.1. The Bertz CT molecular complexity index is 570. The van der Waals surface area contributed by atoms with Crippen molar-refractivity contribution in [2.45, 2.75) is 19.1 Å². The topological polar surface area (TPSA) is 21.3 Å². The minimum Gasteiger partial charge on any atom is -0.484 e. The van der Waals surface area contributed by atoms with E-state index in [9.17, 15) is 13.2 Å². The van der Waals surface area contributed by atoms with E-state index in [0.29, 0.717) is 6.54 Å². The number of alkyl halides is 3. The second kappa shape index (κ2) is 7.84. The van der Waals surface area contributed by atoms with Gasteiger partial charge in [-0.05, 0) is 36.2 Å². The predicted octanol–water partition coefficient (Wildman–Crippen LogP) is 3.96. The lowest BCUT2D eigenvalue weighted by molar-refractivity contribution is -0.153. The van der Waals surface area contributed by atoms with Gasteiger partial charge in [-0.15, -0.1) is 0 Å². The Morgan fingerprint density at radius 2 is 1.64 bits per heavy atom. The fourth-order valence-corrected chi connectivity index (χ4v) is 2.02. The summed E-state index contributed by atoms with van der Waals surface area (Å²) in [6.45, 7) is 0.131. The Labute approximate surface area is 127 Å². The highest BCUT2D eigenvalue weighted by atomic mass is 19.4. The van der Waals surface area contributed by atoms with E-state index in [-0.39, 0.29) is 5.75 Å². The second-order valence-electron chi connectivity index (χ2n) is 4.96. The van der Waals surface area contributed by atoms with Crippen LogP contribution >= 0.6 is 0 Å². The van der Waals surface area contributed by atoms with Crippen molar-refractivity contribution in [3.8, 4) is 5.75 Å². The van der Waals surface area contributed by atoms with Gasteiger partial charge in [-0.3, -0.25) is 0 Å². The number of nitrogens with one attached hydrogen (secondary N) is 1. The zero-order valence-electron chi connectivity index (χ0n) is 12.1. The molecule has 2 rings (SSSR count). The molecule has 0 bridgehead atoms. The third kappa shape index (κ3) is 6.18. The third-order valence-corrected chi connectivity index (χ3v) is 3.06. The number of ether oxygens (including phenoxy) is 1. The van der Waals surface area contributed by atoms with Crippen LogP contribution in [0.15, 0.2) is 54.6 Å². The van der Waals surface area contributed by atoms with E-state index in [0.717, 1.165) is 18.5 Å². The molecule has 2 aromatic rings. The molecule has 2 nitrogen and oxygen atoms in total. The molecule has 2 aromatic carbocycles. The lowest BCUT2D eigenvalue weighted by Crippen LogP contribution is -2.19. The van der Waals surface area contributed by atoms with Crippen LogP contribution < -0.4 is 10.1 Å². The fraction of sp³-hybridized carbons (Fsp3) is 0.294. The zero-order valence-corrected chi connectivity index (χ0v) is 12.1. The molecule has 22 heavy (non-hydrogen) atoms. The van der Waals surface area contributed by atoms with Gasteiger partial charge in [0.2, 0.25) is 0 Å². The molecule has 0 aromatic heterocycles. The lowest BCUT2D eigenvalue weighted by atomic mass is 10.1. The first kappa shape index (κ1) is 16.4. The first-order valence-electron chi connectivity index (χ1n) is 7.06. The van der Waals surface area contributed by atoms with E-state index in [2.05, 4.69) is 17.4 Å². The molecule has 0 aliphatic carbocycles. The first-order valence-corrected chi connectivity index (χ1v) is 7.06. The normalized spacial score (nSPS) is 11.4. The maximum Gasteiger partial charge on any atom is 0.422 e. The van der Waals surface area contributed by atoms with Gasteiger partial charge in [0.15, 0.2) is 6.61 Å². The quantitative estimate of drug-likeness (QED) is 0.782. The Balaban J connectivity index is 1.76. The molecule has 0 spiro atoms. The van der Waals surface area contributed by atoms with Crippen LogP contribution in [0.1, 0.15) is 11.1 Å². The van der Waals surface area contributed by atoms with E-state index in [1.807, 2.05) is 24.3 Å². The number of hydrogen-bond acceptors (Lipinski definition) is 2. The van der Waals surface area contributed by atoms with Crippen molar-refractivity contribution >= 4 is 0 Å². The summed E-state index contributed by atoms with van der Waals surface area (Å²) in [5.41, 5.74) is 2.14. The van der Waals surface area contributed by atoms with E-state index in [1.165, 1.54) is 11.6 Å². The summed E-state index contributed by atoms with van der Waals surface area (Å²) >= 11 is 0. The van der Waals surface area contributed by atoms with Crippen LogP contribution in [0.25, 0.3) is 0 Å². The van der Waals surface area contributed by atoms with Gasteiger partial charge in [0.1, 0.15) is 5.75 Å². The number of rotatable bonds is 7. The van der Waals surface area contributed by atoms with Crippen LogP contribution in [-0.4, -0.2) is 19.3 Å². The maximum atomic E-state index is 12.1. The second-order valence-corrected chi connectivity index (χ2v) is 4.96. The summed E-state index contributed by atoms with van der Waals surface area (Å²) in [4.78, 5) is 0. The standard InChI is InChI=1S/C17H18F3NO/c18-17(19,20)13-22-16-8-4-7-15(11-16)12-21-10-9-14-5-2-1-3-6-14/h1-8,11,21H,9-10,12-13H2. The number of benzene rings is 2. The fourth-order valence-electron chi connectivity index (χ4n) is 2.02. The Morgan fingerprint density at radius 3 is 2.36 bits per heavy atom. The smallest absolute Gasteiger partial charge is 0.422 e. The summed E-state index contributed by atoms with van der Waals surface area (Å²) in [5.74, 6) is 0.236. The SMILES string of the molecule is FC(F)(F)COc1cccc(CNCCc2ccccc2)c1. The summed E-state index contributed by atoms with van der Waals surface area (Å²) in [6, 6.07) is 16.8. The molecular weight excluding hydrogens is 291 g/mol. The highest BCUT2D eigenvalue weighted by Crippen LogP contribution is 2.19. The van der Waals surface area contributed by atoms with E-state index >= 15 is 0 Å². The van der Waals surface area contributed by atoms with Crippen LogP contribution in [0.3, 0.4) is 0 Å². The van der Waals surface area contributed by atoms with E-state index in [4.69, 9.17) is 4.74 Å². The van der Waals surface area contributed by atoms with Crippen molar-refractivity contribution in [2.75, 3.05) is 13.2 Å². The van der Waals surface area contributed by atoms with Crippen molar-refractivity contribution in [3.63, 3.8) is 0 Å². The average Bonchev–Trinajstić information content (AvgIpc) is 2.50. The molecule has 0 unspecified atom stereocenters. The van der Waals surface area contributed by atoms with Gasteiger partial charge in [0, 0.05) is 6.54 Å². The molecule has 0 aliphatic heterocycles. The molecule has 118 valence electrons. The Morgan fingerprint density at radius 1 is 0.909 bits per heavy atom. The maximum absolute atomic E-state index is 12.1. The predicted molar refractivity (Wildman–Crippen MR) is 79.8 cm³/mol. The average molecular weight is 309 g/mol. The van der Waals surface area contributed by atoms with Gasteiger partial charge in [0.05, 0.1) is 0 Å². The minimum absolute atomic E-state index is 0.236. The Kier molecular flexibility index (Phi) is 5.83. The van der Waals surface area contributed by atoms with Crippen molar-refractivity contribution in [1.82, 2.24) is 5.32 Å². The molecule has 1 N–H and O–H groups in total. The summed E-state index contributed by atoms with van der Waals surface area (Å²) in [5, 5.41) is 3.27. The van der Waals surface area contributed by atoms with Crippen LogP contribution in [0.2, 0.25) is 0 Å². The summed E-state index contributed by atoms with van der Waals surface area (Å²) in [6.07, 6.45) is -3.41. The van der Waals surface area contributed by atoms with Gasteiger partial charge in [-0.2, -0.15) is 13.2 Å². The van der Waals surface area contributed by atoms with Gasteiger partial charge in [-0.1, -0.05) is 42.5 Å². The largest absolute Gasteiger partial charge is 0.484 e. The third-order valence-electron chi connectivity index (χ3n) is 3.06. The molecule has 5 heteroatoms. The number of hydrogen-bond donors (Lipinski definition) is 1. The van der Waals surface area contributed by atoms with Gasteiger partial charge in [-0.25, -0.2) is 0 Å². The molecule has 0 fully saturated rings. The van der Waals surface area contributed by atoms with Gasteiger partial charge < -0.3 is 10.1 Å². The zero-order chi connectivity index (χ0) is 15.8. The highest BCUT2D eigenvalue weighted by Gasteiger charge is 2.28. The van der Waals surface area contributed by atoms with Crippen LogP contribution in [0.5, 0.6) is 5.75 Å². The molecule has 0 saturated heterocycles. The highest BCUT2D eigenvalue weighted by molar-refractivity contribution is 5.28. The molecule has 0 atom stereocenters. The lowest BCUT2D eigenvalue weighted by Gasteiger charge is -2.10. The van der Waals surface area contributed by atoms with Crippen LogP contribution in [-0.2, 0) is 13.0 Å². The minimum atomic E-state index is -4.32. The monoisotopic (exact) mass is 309 g/mol. The van der Waals surface area contributed by atoms with Crippen molar-refractivity contribution in [2.24, 2.45) is 0 Å². The van der Waals surface area contributed by atoms with E-state index < -0.39 is 12.8 Å². The van der Waals surface area contributed by atoms with Gasteiger partial charge in [0.25, 0.3) is 0 Å². The summed E-state index contributed by atoms with van der Waals surface area (Å²) in [7, 11) is 0. The van der Waals surface area contributed by atoms with E-state index in [1.54, 1.807) is 12.1 Å². The van der Waals surface area contributed by atoms with Gasteiger partial charge >= 0.3 is 6.18 Å². The van der Waals surface area contributed by atoms with Crippen molar-refractivity contribution in [1.29, 1.82) is 0 Å². The molecule has 0 saturated carbocycles. The molecule has 0 heterocycles.